The molecule has 0 heterocycles. The van der Waals surface area contributed by atoms with Crippen LogP contribution in [0, 0.1) is 0 Å². The molecule has 0 fully saturated rings. The zero-order valence-corrected chi connectivity index (χ0v) is 11.5. The molecule has 0 saturated carbocycles. The zero-order chi connectivity index (χ0) is 14.1. The molecule has 0 spiro atoms. The summed E-state index contributed by atoms with van der Waals surface area (Å²) < 4.78 is 57.6. The molecule has 0 aromatic heterocycles. The molecule has 0 bridgehead atoms. The highest BCUT2D eigenvalue weighted by Gasteiger charge is 2.10. The van der Waals surface area contributed by atoms with Gasteiger partial charge in [-0.3, -0.25) is 4.55 Å². The summed E-state index contributed by atoms with van der Waals surface area (Å²) in [6.45, 7) is 3.47. The van der Waals surface area contributed by atoms with Gasteiger partial charge in [-0.05, 0) is 12.8 Å². The Hall–Kier alpha value is -0.220. The Kier molecular flexibility index (Phi) is 9.91. The SMILES string of the molecule is CCC(O)CS(=O)(=O)O.CCCCS(=O)(=O)[O-]. The van der Waals surface area contributed by atoms with Gasteiger partial charge in [0.2, 0.25) is 0 Å². The minimum Gasteiger partial charge on any atom is -0.748 e. The third kappa shape index (κ3) is 21.6. The monoisotopic (exact) mass is 291 g/mol. The predicted molar refractivity (Wildman–Crippen MR) is 62.2 cm³/mol. The summed E-state index contributed by atoms with van der Waals surface area (Å²) in [6, 6.07) is 0. The fourth-order valence-corrected chi connectivity index (χ4v) is 2.05. The highest BCUT2D eigenvalue weighted by atomic mass is 32.2. The van der Waals surface area contributed by atoms with Crippen LogP contribution >= 0.6 is 0 Å². The molecule has 0 aliphatic carbocycles. The molecule has 9 heteroatoms. The van der Waals surface area contributed by atoms with Crippen molar-refractivity contribution in [2.24, 2.45) is 0 Å². The molecule has 2 N–H and O–H groups in total. The molecule has 0 radical (unpaired) electrons. The van der Waals surface area contributed by atoms with Gasteiger partial charge in [0.05, 0.1) is 16.2 Å². The number of rotatable bonds is 6. The normalized spacial score (nSPS) is 13.7. The van der Waals surface area contributed by atoms with Gasteiger partial charge in [-0.2, -0.15) is 8.42 Å². The Labute approximate surface area is 102 Å². The third-order valence-electron chi connectivity index (χ3n) is 1.62. The van der Waals surface area contributed by atoms with Gasteiger partial charge in [-0.15, -0.1) is 0 Å². The first-order valence-corrected chi connectivity index (χ1v) is 8.27. The molecule has 106 valence electrons. The maximum atomic E-state index is 10.00. The Morgan fingerprint density at radius 2 is 1.65 bits per heavy atom. The van der Waals surface area contributed by atoms with Gasteiger partial charge in [-0.25, -0.2) is 8.42 Å². The van der Waals surface area contributed by atoms with Crippen LogP contribution in [0.2, 0.25) is 0 Å². The van der Waals surface area contributed by atoms with Crippen molar-refractivity contribution in [3.05, 3.63) is 0 Å². The molecule has 1 atom stereocenters. The van der Waals surface area contributed by atoms with E-state index in [9.17, 15) is 21.4 Å². The molecule has 1 unspecified atom stereocenters. The van der Waals surface area contributed by atoms with E-state index in [-0.39, 0.29) is 5.75 Å². The quantitative estimate of drug-likeness (QED) is 0.657. The van der Waals surface area contributed by atoms with Crippen LogP contribution in [-0.2, 0) is 20.2 Å². The summed E-state index contributed by atoms with van der Waals surface area (Å²) in [5, 5.41) is 8.65. The first kappa shape index (κ1) is 19.1. The second kappa shape index (κ2) is 8.81. The molecule has 0 amide bonds. The minimum absolute atomic E-state index is 0.219. The van der Waals surface area contributed by atoms with Crippen LogP contribution < -0.4 is 0 Å². The summed E-state index contributed by atoms with van der Waals surface area (Å²) in [7, 11) is -7.92. The van der Waals surface area contributed by atoms with Crippen LogP contribution in [-0.4, -0.2) is 48.7 Å². The summed E-state index contributed by atoms with van der Waals surface area (Å²) in [5.41, 5.74) is 0. The minimum atomic E-state index is -3.99. The molecular weight excluding hydrogens is 272 g/mol. The highest BCUT2D eigenvalue weighted by molar-refractivity contribution is 7.86. The van der Waals surface area contributed by atoms with Gasteiger partial charge in [0.15, 0.2) is 0 Å². The summed E-state index contributed by atoms with van der Waals surface area (Å²) in [5.74, 6) is -0.785. The Balaban J connectivity index is 0. The van der Waals surface area contributed by atoms with Crippen LogP contribution in [0.5, 0.6) is 0 Å². The first-order chi connectivity index (χ1) is 7.52. The number of aliphatic hydroxyl groups is 1. The molecule has 0 aliphatic heterocycles. The Bertz CT molecular complexity index is 371. The van der Waals surface area contributed by atoms with E-state index in [1.165, 1.54) is 0 Å². The van der Waals surface area contributed by atoms with E-state index >= 15 is 0 Å². The lowest BCUT2D eigenvalue weighted by Crippen LogP contribution is -2.18. The molecular formula is C8H19O7S2-. The van der Waals surface area contributed by atoms with Crippen molar-refractivity contribution in [2.45, 2.75) is 39.2 Å². The van der Waals surface area contributed by atoms with Gasteiger partial charge in [-0.1, -0.05) is 20.3 Å². The van der Waals surface area contributed by atoms with Crippen LogP contribution in [0.4, 0.5) is 0 Å². The number of hydrogen-bond acceptors (Lipinski definition) is 6. The Morgan fingerprint density at radius 1 is 1.18 bits per heavy atom. The standard InChI is InChI=1S/C4H10O4S.C4H10O3S/c1-2-4(5)3-9(6,7)8;1-2-3-4-8(5,6)7/h4-5H,2-3H2,1H3,(H,6,7,8);2-4H2,1H3,(H,5,6,7)/p-1. The highest BCUT2D eigenvalue weighted by Crippen LogP contribution is 1.93. The summed E-state index contributed by atoms with van der Waals surface area (Å²) in [4.78, 5) is 0. The first-order valence-electron chi connectivity index (χ1n) is 5.08. The van der Waals surface area contributed by atoms with Crippen molar-refractivity contribution in [1.82, 2.24) is 0 Å². The second-order valence-electron chi connectivity index (χ2n) is 3.43. The summed E-state index contributed by atoms with van der Waals surface area (Å²) in [6.07, 6.45) is 0.618. The van der Waals surface area contributed by atoms with Crippen LogP contribution in [0.3, 0.4) is 0 Å². The van der Waals surface area contributed by atoms with Crippen molar-refractivity contribution >= 4 is 20.2 Å². The lowest BCUT2D eigenvalue weighted by molar-refractivity contribution is 0.190. The summed E-state index contributed by atoms with van der Waals surface area (Å²) >= 11 is 0. The molecule has 0 aliphatic rings. The van der Waals surface area contributed by atoms with Crippen molar-refractivity contribution in [2.75, 3.05) is 11.5 Å². The fourth-order valence-electron chi connectivity index (χ4n) is 0.682. The van der Waals surface area contributed by atoms with Gasteiger partial charge in [0.25, 0.3) is 10.1 Å². The van der Waals surface area contributed by atoms with Crippen LogP contribution in [0.25, 0.3) is 0 Å². The average Bonchev–Trinajstić information content (AvgIpc) is 2.12. The lowest BCUT2D eigenvalue weighted by atomic mass is 10.3. The van der Waals surface area contributed by atoms with E-state index in [1.807, 2.05) is 6.92 Å². The van der Waals surface area contributed by atoms with Crippen LogP contribution in [0.15, 0.2) is 0 Å². The molecule has 0 aromatic carbocycles. The number of hydrogen-bond donors (Lipinski definition) is 2. The van der Waals surface area contributed by atoms with Gasteiger partial charge in [0, 0.05) is 5.75 Å². The van der Waals surface area contributed by atoms with Crippen molar-refractivity contribution in [3.63, 3.8) is 0 Å². The third-order valence-corrected chi connectivity index (χ3v) is 3.22. The molecule has 0 rings (SSSR count). The predicted octanol–water partition coefficient (Wildman–Crippen LogP) is -0.0232. The van der Waals surface area contributed by atoms with Gasteiger partial charge >= 0.3 is 0 Å². The molecule has 17 heavy (non-hydrogen) atoms. The molecule has 7 nitrogen and oxygen atoms in total. The van der Waals surface area contributed by atoms with E-state index in [1.54, 1.807) is 6.92 Å². The maximum absolute atomic E-state index is 10.00. The van der Waals surface area contributed by atoms with E-state index in [0.29, 0.717) is 12.8 Å². The van der Waals surface area contributed by atoms with Crippen LogP contribution in [0.1, 0.15) is 33.1 Å². The fraction of sp³-hybridized carbons (Fsp3) is 1.00. The van der Waals surface area contributed by atoms with Gasteiger partial charge < -0.3 is 9.66 Å². The maximum Gasteiger partial charge on any atom is 0.267 e. The van der Waals surface area contributed by atoms with Crippen molar-refractivity contribution < 1.29 is 31.0 Å². The van der Waals surface area contributed by atoms with Gasteiger partial charge in [0.1, 0.15) is 5.75 Å². The number of aliphatic hydroxyl groups excluding tert-OH is 1. The topological polar surface area (TPSA) is 132 Å². The lowest BCUT2D eigenvalue weighted by Gasteiger charge is -2.02. The average molecular weight is 291 g/mol. The molecule has 0 aromatic rings. The molecule has 0 saturated heterocycles. The zero-order valence-electron chi connectivity index (χ0n) is 9.87. The Morgan fingerprint density at radius 3 is 1.76 bits per heavy atom. The van der Waals surface area contributed by atoms with Crippen molar-refractivity contribution in [1.29, 1.82) is 0 Å². The largest absolute Gasteiger partial charge is 0.748 e. The van der Waals surface area contributed by atoms with Crippen molar-refractivity contribution in [3.8, 4) is 0 Å². The van der Waals surface area contributed by atoms with E-state index in [2.05, 4.69) is 0 Å². The second-order valence-corrected chi connectivity index (χ2v) is 6.45. The van der Waals surface area contributed by atoms with E-state index in [4.69, 9.17) is 9.66 Å². The smallest absolute Gasteiger partial charge is 0.267 e. The number of unbranched alkanes of at least 4 members (excludes halogenated alkanes) is 1. The van der Waals surface area contributed by atoms with E-state index in [0.717, 1.165) is 6.42 Å². The van der Waals surface area contributed by atoms with E-state index < -0.39 is 32.1 Å².